The maximum Gasteiger partial charge on any atom is 0.0774 e. The van der Waals surface area contributed by atoms with Crippen molar-refractivity contribution < 1.29 is 5.11 Å². The van der Waals surface area contributed by atoms with Crippen molar-refractivity contribution >= 4 is 0 Å². The van der Waals surface area contributed by atoms with Crippen LogP contribution in [0.3, 0.4) is 0 Å². The van der Waals surface area contributed by atoms with Crippen LogP contribution >= 0.6 is 0 Å². The molecule has 0 saturated heterocycles. The van der Waals surface area contributed by atoms with Gasteiger partial charge in [-0.1, -0.05) is 51.0 Å². The molecule has 2 nitrogen and oxygen atoms in total. The summed E-state index contributed by atoms with van der Waals surface area (Å²) in [6.45, 7) is 6.15. The van der Waals surface area contributed by atoms with Crippen molar-refractivity contribution in [1.82, 2.24) is 4.90 Å². The molecule has 1 aromatic carbocycles. The van der Waals surface area contributed by atoms with Gasteiger partial charge in [-0.2, -0.15) is 0 Å². The first-order valence-corrected chi connectivity index (χ1v) is 7.48. The highest BCUT2D eigenvalue weighted by atomic mass is 16.3. The number of hydrogen-bond donors (Lipinski definition) is 1. The Bertz CT molecular complexity index is 390. The molecular weight excluding hydrogens is 234 g/mol. The van der Waals surface area contributed by atoms with E-state index in [-0.39, 0.29) is 0 Å². The SMILES string of the molecule is CC(C)c1ccc(CN(C)CC2(O)CCCC2)cc1. The molecule has 2 rings (SSSR count). The zero-order chi connectivity index (χ0) is 13.9. The second kappa shape index (κ2) is 6.06. The minimum absolute atomic E-state index is 0.438. The Balaban J connectivity index is 1.89. The van der Waals surface area contributed by atoms with Crippen molar-refractivity contribution in [3.63, 3.8) is 0 Å². The van der Waals surface area contributed by atoms with Gasteiger partial charge in [0, 0.05) is 13.1 Å². The van der Waals surface area contributed by atoms with Gasteiger partial charge in [0.25, 0.3) is 0 Å². The molecule has 1 N–H and O–H groups in total. The standard InChI is InChI=1S/C17H27NO/c1-14(2)16-8-6-15(7-9-16)12-18(3)13-17(19)10-4-5-11-17/h6-9,14,19H,4-5,10-13H2,1-3H3. The van der Waals surface area contributed by atoms with Crippen LogP contribution in [0, 0.1) is 0 Å². The lowest BCUT2D eigenvalue weighted by Crippen LogP contribution is -2.38. The molecular formula is C17H27NO. The Kier molecular flexibility index (Phi) is 4.64. The summed E-state index contributed by atoms with van der Waals surface area (Å²) in [6, 6.07) is 8.87. The van der Waals surface area contributed by atoms with Crippen molar-refractivity contribution in [2.45, 2.75) is 57.6 Å². The van der Waals surface area contributed by atoms with Gasteiger partial charge in [0.2, 0.25) is 0 Å². The van der Waals surface area contributed by atoms with Gasteiger partial charge >= 0.3 is 0 Å². The summed E-state index contributed by atoms with van der Waals surface area (Å²) in [5.41, 5.74) is 2.28. The minimum atomic E-state index is -0.438. The van der Waals surface area contributed by atoms with E-state index in [2.05, 4.69) is 50.1 Å². The fourth-order valence-electron chi connectivity index (χ4n) is 3.07. The lowest BCUT2D eigenvalue weighted by Gasteiger charge is -2.28. The highest BCUT2D eigenvalue weighted by molar-refractivity contribution is 5.24. The fourth-order valence-corrected chi connectivity index (χ4v) is 3.07. The van der Waals surface area contributed by atoms with Crippen LogP contribution in [0.15, 0.2) is 24.3 Å². The Labute approximate surface area is 117 Å². The molecule has 0 unspecified atom stereocenters. The third-order valence-electron chi connectivity index (χ3n) is 4.20. The first kappa shape index (κ1) is 14.5. The van der Waals surface area contributed by atoms with Crippen LogP contribution in [-0.2, 0) is 6.54 Å². The fraction of sp³-hybridized carbons (Fsp3) is 0.647. The average molecular weight is 261 g/mol. The average Bonchev–Trinajstić information content (AvgIpc) is 2.76. The van der Waals surface area contributed by atoms with Crippen LogP contribution in [0.2, 0.25) is 0 Å². The molecule has 0 amide bonds. The number of hydrogen-bond acceptors (Lipinski definition) is 2. The molecule has 0 spiro atoms. The molecule has 1 fully saturated rings. The van der Waals surface area contributed by atoms with Gasteiger partial charge in [-0.15, -0.1) is 0 Å². The Morgan fingerprint density at radius 2 is 1.74 bits per heavy atom. The summed E-state index contributed by atoms with van der Waals surface area (Å²) in [6.07, 6.45) is 4.27. The van der Waals surface area contributed by atoms with E-state index in [0.717, 1.165) is 25.9 Å². The van der Waals surface area contributed by atoms with Gasteiger partial charge in [-0.3, -0.25) is 4.90 Å². The molecule has 1 aromatic rings. The molecule has 106 valence electrons. The monoisotopic (exact) mass is 261 g/mol. The normalized spacial score (nSPS) is 18.4. The highest BCUT2D eigenvalue weighted by Gasteiger charge is 2.31. The first-order chi connectivity index (χ1) is 8.98. The summed E-state index contributed by atoms with van der Waals surface area (Å²) in [4.78, 5) is 2.25. The van der Waals surface area contributed by atoms with E-state index in [1.165, 1.54) is 24.0 Å². The van der Waals surface area contributed by atoms with Crippen LogP contribution in [0.1, 0.15) is 56.6 Å². The van der Waals surface area contributed by atoms with E-state index in [0.29, 0.717) is 5.92 Å². The Morgan fingerprint density at radius 3 is 2.26 bits per heavy atom. The summed E-state index contributed by atoms with van der Waals surface area (Å²) in [5.74, 6) is 0.589. The minimum Gasteiger partial charge on any atom is -0.389 e. The van der Waals surface area contributed by atoms with Crippen LogP contribution in [0.5, 0.6) is 0 Å². The summed E-state index contributed by atoms with van der Waals surface area (Å²) in [7, 11) is 2.10. The molecule has 1 saturated carbocycles. The molecule has 0 aromatic heterocycles. The molecule has 1 aliphatic carbocycles. The van der Waals surface area contributed by atoms with E-state index in [9.17, 15) is 5.11 Å². The number of rotatable bonds is 5. The predicted octanol–water partition coefficient (Wildman–Crippen LogP) is 3.55. The number of nitrogens with zero attached hydrogens (tertiary/aromatic N) is 1. The largest absolute Gasteiger partial charge is 0.389 e. The van der Waals surface area contributed by atoms with E-state index in [4.69, 9.17) is 0 Å². The molecule has 0 radical (unpaired) electrons. The van der Waals surface area contributed by atoms with Crippen molar-refractivity contribution in [1.29, 1.82) is 0 Å². The van der Waals surface area contributed by atoms with Gasteiger partial charge < -0.3 is 5.11 Å². The van der Waals surface area contributed by atoms with E-state index < -0.39 is 5.60 Å². The third-order valence-corrected chi connectivity index (χ3v) is 4.20. The van der Waals surface area contributed by atoms with Crippen molar-refractivity contribution in [2.24, 2.45) is 0 Å². The first-order valence-electron chi connectivity index (χ1n) is 7.48. The third kappa shape index (κ3) is 4.05. The summed E-state index contributed by atoms with van der Waals surface area (Å²) in [5, 5.41) is 10.4. The van der Waals surface area contributed by atoms with Crippen molar-refractivity contribution in [3.05, 3.63) is 35.4 Å². The lowest BCUT2D eigenvalue weighted by atomic mass is 10.0. The number of benzene rings is 1. The lowest BCUT2D eigenvalue weighted by molar-refractivity contribution is 0.0145. The van der Waals surface area contributed by atoms with Gasteiger partial charge in [0.15, 0.2) is 0 Å². The van der Waals surface area contributed by atoms with Gasteiger partial charge in [-0.05, 0) is 36.9 Å². The number of likely N-dealkylation sites (N-methyl/N-ethyl adjacent to an activating group) is 1. The van der Waals surface area contributed by atoms with Crippen LogP contribution in [-0.4, -0.2) is 29.2 Å². The molecule has 19 heavy (non-hydrogen) atoms. The maximum absolute atomic E-state index is 10.4. The molecule has 0 aliphatic heterocycles. The second-order valence-corrected chi connectivity index (χ2v) is 6.50. The van der Waals surface area contributed by atoms with Crippen LogP contribution < -0.4 is 0 Å². The van der Waals surface area contributed by atoms with Crippen LogP contribution in [0.4, 0.5) is 0 Å². The molecule has 1 aliphatic rings. The van der Waals surface area contributed by atoms with E-state index in [1.807, 2.05) is 0 Å². The molecule has 2 heteroatoms. The molecule has 0 heterocycles. The predicted molar refractivity (Wildman–Crippen MR) is 80.3 cm³/mol. The van der Waals surface area contributed by atoms with E-state index >= 15 is 0 Å². The van der Waals surface area contributed by atoms with Gasteiger partial charge in [0.1, 0.15) is 0 Å². The zero-order valence-corrected chi connectivity index (χ0v) is 12.5. The van der Waals surface area contributed by atoms with E-state index in [1.54, 1.807) is 0 Å². The maximum atomic E-state index is 10.4. The smallest absolute Gasteiger partial charge is 0.0774 e. The van der Waals surface area contributed by atoms with Crippen molar-refractivity contribution in [3.8, 4) is 0 Å². The zero-order valence-electron chi connectivity index (χ0n) is 12.5. The highest BCUT2D eigenvalue weighted by Crippen LogP contribution is 2.30. The second-order valence-electron chi connectivity index (χ2n) is 6.50. The Hall–Kier alpha value is -0.860. The van der Waals surface area contributed by atoms with Crippen molar-refractivity contribution in [2.75, 3.05) is 13.6 Å². The van der Waals surface area contributed by atoms with Gasteiger partial charge in [-0.25, -0.2) is 0 Å². The Morgan fingerprint density at radius 1 is 1.16 bits per heavy atom. The topological polar surface area (TPSA) is 23.5 Å². The summed E-state index contributed by atoms with van der Waals surface area (Å²) >= 11 is 0. The quantitative estimate of drug-likeness (QED) is 0.876. The van der Waals surface area contributed by atoms with Gasteiger partial charge in [0.05, 0.1) is 5.60 Å². The number of aliphatic hydroxyl groups is 1. The molecule has 0 bridgehead atoms. The van der Waals surface area contributed by atoms with Crippen LogP contribution in [0.25, 0.3) is 0 Å². The molecule has 0 atom stereocenters. The summed E-state index contributed by atoms with van der Waals surface area (Å²) < 4.78 is 0.